The second-order valence-electron chi connectivity index (χ2n) is 5.71. The molecule has 0 aliphatic carbocycles. The maximum atomic E-state index is 12.2. The molecule has 2 atom stereocenters. The Balaban J connectivity index is 2.75. The van der Waals surface area contributed by atoms with E-state index in [1.807, 2.05) is 39.0 Å². The number of methoxy groups -OCH3 is 2. The molecule has 0 radical (unpaired) electrons. The maximum absolute atomic E-state index is 12.2. The van der Waals surface area contributed by atoms with Crippen molar-refractivity contribution in [3.8, 4) is 11.5 Å². The van der Waals surface area contributed by atoms with Crippen LogP contribution in [0.5, 0.6) is 11.5 Å². The molecule has 124 valence electrons. The summed E-state index contributed by atoms with van der Waals surface area (Å²) in [7, 11) is 3.21. The van der Waals surface area contributed by atoms with E-state index in [4.69, 9.17) is 14.2 Å². The van der Waals surface area contributed by atoms with E-state index in [1.165, 1.54) is 0 Å². The number of carbonyl (C=O) groups excluding carboxylic acids is 1. The van der Waals surface area contributed by atoms with Gasteiger partial charge in [0.2, 0.25) is 5.91 Å². The van der Waals surface area contributed by atoms with Gasteiger partial charge in [-0.05, 0) is 38.0 Å². The summed E-state index contributed by atoms with van der Waals surface area (Å²) < 4.78 is 16.1. The Kier molecular flexibility index (Phi) is 7.18. The summed E-state index contributed by atoms with van der Waals surface area (Å²) in [5, 5.41) is 2.95. The van der Waals surface area contributed by atoms with Crippen LogP contribution in [-0.2, 0) is 9.53 Å². The molecule has 1 N–H and O–H groups in total. The lowest BCUT2D eigenvalue weighted by Gasteiger charge is -2.21. The lowest BCUT2D eigenvalue weighted by atomic mass is 10.1. The fourth-order valence-corrected chi connectivity index (χ4v) is 2.00. The van der Waals surface area contributed by atoms with Crippen LogP contribution in [0.25, 0.3) is 0 Å². The van der Waals surface area contributed by atoms with Crippen molar-refractivity contribution >= 4 is 5.91 Å². The zero-order valence-electron chi connectivity index (χ0n) is 14.3. The monoisotopic (exact) mass is 309 g/mol. The molecule has 0 aliphatic heterocycles. The SMILES string of the molecule is COc1ccc(OC)c([C@H](C)NC(=O)[C@H](C)OCC(C)C)c1. The standard InChI is InChI=1S/C17H27NO4/c1-11(2)10-22-13(4)17(19)18-12(3)15-9-14(20-5)7-8-16(15)21-6/h7-9,11-13H,10H2,1-6H3,(H,18,19)/t12-,13-/m0/s1. The van der Waals surface area contributed by atoms with Gasteiger partial charge in [-0.25, -0.2) is 0 Å². The third-order valence-corrected chi connectivity index (χ3v) is 3.31. The minimum absolute atomic E-state index is 0.141. The molecule has 0 bridgehead atoms. The van der Waals surface area contributed by atoms with Crippen LogP contribution in [0.4, 0.5) is 0 Å². The van der Waals surface area contributed by atoms with Crippen molar-refractivity contribution in [2.45, 2.75) is 39.8 Å². The van der Waals surface area contributed by atoms with E-state index in [9.17, 15) is 4.79 Å². The van der Waals surface area contributed by atoms with Gasteiger partial charge in [0.05, 0.1) is 20.3 Å². The zero-order valence-corrected chi connectivity index (χ0v) is 14.3. The average molecular weight is 309 g/mol. The molecule has 0 saturated carbocycles. The fourth-order valence-electron chi connectivity index (χ4n) is 2.00. The molecule has 0 unspecified atom stereocenters. The van der Waals surface area contributed by atoms with Gasteiger partial charge >= 0.3 is 0 Å². The molecule has 0 saturated heterocycles. The molecule has 0 heterocycles. The van der Waals surface area contributed by atoms with Crippen molar-refractivity contribution < 1.29 is 19.0 Å². The number of carbonyl (C=O) groups is 1. The molecule has 0 spiro atoms. The minimum atomic E-state index is -0.485. The summed E-state index contributed by atoms with van der Waals surface area (Å²) in [6.07, 6.45) is -0.485. The van der Waals surface area contributed by atoms with E-state index in [0.717, 1.165) is 11.3 Å². The summed E-state index contributed by atoms with van der Waals surface area (Å²) in [4.78, 5) is 12.2. The highest BCUT2D eigenvalue weighted by molar-refractivity contribution is 5.80. The number of benzene rings is 1. The molecular weight excluding hydrogens is 282 g/mol. The smallest absolute Gasteiger partial charge is 0.249 e. The van der Waals surface area contributed by atoms with Crippen LogP contribution in [0, 0.1) is 5.92 Å². The molecule has 1 rings (SSSR count). The number of rotatable bonds is 8. The topological polar surface area (TPSA) is 56.8 Å². The number of hydrogen-bond acceptors (Lipinski definition) is 4. The Bertz CT molecular complexity index is 488. The molecule has 1 aromatic rings. The van der Waals surface area contributed by atoms with Crippen molar-refractivity contribution in [3.05, 3.63) is 23.8 Å². The van der Waals surface area contributed by atoms with Crippen LogP contribution in [-0.4, -0.2) is 32.8 Å². The van der Waals surface area contributed by atoms with Gasteiger partial charge in [-0.15, -0.1) is 0 Å². The van der Waals surface area contributed by atoms with Crippen molar-refractivity contribution in [1.29, 1.82) is 0 Å². The van der Waals surface area contributed by atoms with E-state index in [0.29, 0.717) is 18.3 Å². The quantitative estimate of drug-likeness (QED) is 0.802. The van der Waals surface area contributed by atoms with Crippen LogP contribution in [0.15, 0.2) is 18.2 Å². The highest BCUT2D eigenvalue weighted by Gasteiger charge is 2.19. The van der Waals surface area contributed by atoms with Crippen LogP contribution in [0.2, 0.25) is 0 Å². The summed E-state index contributed by atoms with van der Waals surface area (Å²) in [5.74, 6) is 1.69. The van der Waals surface area contributed by atoms with Gasteiger partial charge in [0.1, 0.15) is 17.6 Å². The Morgan fingerprint density at radius 2 is 1.82 bits per heavy atom. The third-order valence-electron chi connectivity index (χ3n) is 3.31. The van der Waals surface area contributed by atoms with Gasteiger partial charge in [0.25, 0.3) is 0 Å². The largest absolute Gasteiger partial charge is 0.497 e. The first kappa shape index (κ1) is 18.3. The van der Waals surface area contributed by atoms with Crippen LogP contribution >= 0.6 is 0 Å². The molecule has 5 nitrogen and oxygen atoms in total. The summed E-state index contributed by atoms with van der Waals surface area (Å²) >= 11 is 0. The Labute approximate surface area is 132 Å². The van der Waals surface area contributed by atoms with Gasteiger partial charge in [-0.1, -0.05) is 13.8 Å². The normalized spacial score (nSPS) is 13.6. The predicted molar refractivity (Wildman–Crippen MR) is 86.4 cm³/mol. The fraction of sp³-hybridized carbons (Fsp3) is 0.588. The number of amides is 1. The van der Waals surface area contributed by atoms with Crippen molar-refractivity contribution in [1.82, 2.24) is 5.32 Å². The van der Waals surface area contributed by atoms with Gasteiger partial charge < -0.3 is 19.5 Å². The average Bonchev–Trinajstić information content (AvgIpc) is 2.51. The first-order chi connectivity index (χ1) is 10.4. The Morgan fingerprint density at radius 3 is 2.36 bits per heavy atom. The molecule has 5 heteroatoms. The van der Waals surface area contributed by atoms with Gasteiger partial charge in [0, 0.05) is 12.2 Å². The Morgan fingerprint density at radius 1 is 1.14 bits per heavy atom. The highest BCUT2D eigenvalue weighted by atomic mass is 16.5. The Hall–Kier alpha value is -1.75. The van der Waals surface area contributed by atoms with Crippen LogP contribution in [0.3, 0.4) is 0 Å². The first-order valence-corrected chi connectivity index (χ1v) is 7.52. The molecule has 0 fully saturated rings. The van der Waals surface area contributed by atoms with E-state index < -0.39 is 6.10 Å². The van der Waals surface area contributed by atoms with Crippen molar-refractivity contribution in [2.75, 3.05) is 20.8 Å². The molecule has 1 amide bonds. The predicted octanol–water partition coefficient (Wildman–Crippen LogP) is 2.94. The first-order valence-electron chi connectivity index (χ1n) is 7.52. The van der Waals surface area contributed by atoms with Gasteiger partial charge in [-0.2, -0.15) is 0 Å². The minimum Gasteiger partial charge on any atom is -0.497 e. The molecule has 1 aromatic carbocycles. The lowest BCUT2D eigenvalue weighted by Crippen LogP contribution is -2.36. The van der Waals surface area contributed by atoms with Gasteiger partial charge in [-0.3, -0.25) is 4.79 Å². The second-order valence-corrected chi connectivity index (χ2v) is 5.71. The molecular formula is C17H27NO4. The third kappa shape index (κ3) is 5.22. The van der Waals surface area contributed by atoms with E-state index in [-0.39, 0.29) is 11.9 Å². The van der Waals surface area contributed by atoms with E-state index in [2.05, 4.69) is 5.32 Å². The van der Waals surface area contributed by atoms with Crippen molar-refractivity contribution in [2.24, 2.45) is 5.92 Å². The number of ether oxygens (including phenoxy) is 3. The van der Waals surface area contributed by atoms with Crippen LogP contribution in [0.1, 0.15) is 39.3 Å². The van der Waals surface area contributed by atoms with Crippen LogP contribution < -0.4 is 14.8 Å². The maximum Gasteiger partial charge on any atom is 0.249 e. The highest BCUT2D eigenvalue weighted by Crippen LogP contribution is 2.29. The molecule has 0 aliphatic rings. The summed E-state index contributed by atoms with van der Waals surface area (Å²) in [6.45, 7) is 8.33. The summed E-state index contributed by atoms with van der Waals surface area (Å²) in [5.41, 5.74) is 0.867. The molecule has 22 heavy (non-hydrogen) atoms. The lowest BCUT2D eigenvalue weighted by molar-refractivity contribution is -0.133. The van der Waals surface area contributed by atoms with E-state index in [1.54, 1.807) is 21.1 Å². The van der Waals surface area contributed by atoms with Gasteiger partial charge in [0.15, 0.2) is 0 Å². The molecule has 0 aromatic heterocycles. The van der Waals surface area contributed by atoms with Crippen molar-refractivity contribution in [3.63, 3.8) is 0 Å². The number of nitrogens with one attached hydrogen (secondary N) is 1. The van der Waals surface area contributed by atoms with E-state index >= 15 is 0 Å². The summed E-state index contributed by atoms with van der Waals surface area (Å²) in [6, 6.07) is 5.31. The number of hydrogen-bond donors (Lipinski definition) is 1. The second kappa shape index (κ2) is 8.63. The zero-order chi connectivity index (χ0) is 16.7.